The Morgan fingerprint density at radius 3 is 2.50 bits per heavy atom. The SMILES string of the molecule is CS(=O)(=O)N1CCC[C@@H]1CNC(=O)c1cc(-n2cccc2)cc(C(F)(F)F)c1. The molecule has 28 heavy (non-hydrogen) atoms. The van der Waals surface area contributed by atoms with E-state index < -0.39 is 33.7 Å². The molecule has 3 rings (SSSR count). The highest BCUT2D eigenvalue weighted by Crippen LogP contribution is 2.31. The van der Waals surface area contributed by atoms with Crippen molar-refractivity contribution in [2.75, 3.05) is 19.3 Å². The third-order valence-corrected chi connectivity index (χ3v) is 5.99. The molecule has 10 heteroatoms. The van der Waals surface area contributed by atoms with Crippen LogP contribution in [0.1, 0.15) is 28.8 Å². The summed E-state index contributed by atoms with van der Waals surface area (Å²) in [5.74, 6) is -0.681. The molecule has 0 spiro atoms. The van der Waals surface area contributed by atoms with Crippen LogP contribution < -0.4 is 5.32 Å². The topological polar surface area (TPSA) is 71.4 Å². The minimum Gasteiger partial charge on any atom is -0.350 e. The van der Waals surface area contributed by atoms with E-state index in [1.807, 2.05) is 0 Å². The number of aromatic nitrogens is 1. The average Bonchev–Trinajstić information content (AvgIpc) is 3.29. The van der Waals surface area contributed by atoms with Gasteiger partial charge in [0.15, 0.2) is 0 Å². The van der Waals surface area contributed by atoms with Gasteiger partial charge in [0, 0.05) is 42.8 Å². The molecule has 2 aromatic rings. The van der Waals surface area contributed by atoms with Crippen molar-refractivity contribution in [3.05, 3.63) is 53.9 Å². The monoisotopic (exact) mass is 415 g/mol. The number of nitrogens with zero attached hydrogens (tertiary/aromatic N) is 2. The smallest absolute Gasteiger partial charge is 0.350 e. The number of rotatable bonds is 5. The van der Waals surface area contributed by atoms with Crippen LogP contribution >= 0.6 is 0 Å². The molecule has 1 aliphatic heterocycles. The maximum Gasteiger partial charge on any atom is 0.416 e. The fourth-order valence-electron chi connectivity index (χ4n) is 3.32. The molecule has 0 radical (unpaired) electrons. The lowest BCUT2D eigenvalue weighted by atomic mass is 10.1. The van der Waals surface area contributed by atoms with E-state index in [4.69, 9.17) is 0 Å². The lowest BCUT2D eigenvalue weighted by Gasteiger charge is -2.22. The Kier molecular flexibility index (Phi) is 5.53. The van der Waals surface area contributed by atoms with Crippen LogP contribution in [0.5, 0.6) is 0 Å². The number of carbonyl (C=O) groups is 1. The zero-order valence-electron chi connectivity index (χ0n) is 15.1. The Morgan fingerprint density at radius 1 is 1.21 bits per heavy atom. The van der Waals surface area contributed by atoms with E-state index in [9.17, 15) is 26.4 Å². The van der Waals surface area contributed by atoms with Crippen LogP contribution in [-0.4, -0.2) is 48.6 Å². The molecule has 2 heterocycles. The second-order valence-corrected chi connectivity index (χ2v) is 8.67. The molecule has 0 unspecified atom stereocenters. The number of nitrogens with one attached hydrogen (secondary N) is 1. The maximum absolute atomic E-state index is 13.3. The number of hydrogen-bond acceptors (Lipinski definition) is 3. The first-order chi connectivity index (χ1) is 13.1. The third-order valence-electron chi connectivity index (χ3n) is 4.66. The molecule has 0 bridgehead atoms. The molecule has 0 aliphatic carbocycles. The van der Waals surface area contributed by atoms with Crippen LogP contribution in [0, 0.1) is 0 Å². The van der Waals surface area contributed by atoms with Gasteiger partial charge in [0.2, 0.25) is 10.0 Å². The number of hydrogen-bond donors (Lipinski definition) is 1. The minimum absolute atomic E-state index is 0.0427. The fourth-order valence-corrected chi connectivity index (χ4v) is 4.51. The Balaban J connectivity index is 1.82. The first-order valence-electron chi connectivity index (χ1n) is 8.66. The molecule has 1 aliphatic rings. The maximum atomic E-state index is 13.3. The van der Waals surface area contributed by atoms with Gasteiger partial charge in [-0.2, -0.15) is 17.5 Å². The summed E-state index contributed by atoms with van der Waals surface area (Å²) in [7, 11) is -3.40. The Hall–Kier alpha value is -2.33. The predicted octanol–water partition coefficient (Wildman–Crippen LogP) is 2.65. The lowest BCUT2D eigenvalue weighted by Crippen LogP contribution is -2.42. The van der Waals surface area contributed by atoms with Gasteiger partial charge < -0.3 is 9.88 Å². The zero-order valence-corrected chi connectivity index (χ0v) is 15.9. The largest absolute Gasteiger partial charge is 0.416 e. The van der Waals surface area contributed by atoms with Crippen LogP contribution in [0.4, 0.5) is 13.2 Å². The molecule has 1 saturated heterocycles. The average molecular weight is 415 g/mol. The number of sulfonamides is 1. The van der Waals surface area contributed by atoms with Crippen molar-refractivity contribution in [3.63, 3.8) is 0 Å². The summed E-state index contributed by atoms with van der Waals surface area (Å²) in [5, 5.41) is 2.57. The summed E-state index contributed by atoms with van der Waals surface area (Å²) < 4.78 is 66.1. The number of carbonyl (C=O) groups excluding carboxylic acids is 1. The highest BCUT2D eigenvalue weighted by molar-refractivity contribution is 7.88. The van der Waals surface area contributed by atoms with E-state index in [0.717, 1.165) is 18.4 Å². The molecular weight excluding hydrogens is 395 g/mol. The Morgan fingerprint density at radius 2 is 1.89 bits per heavy atom. The van der Waals surface area contributed by atoms with Gasteiger partial charge in [0.25, 0.3) is 5.91 Å². The third kappa shape index (κ3) is 4.56. The van der Waals surface area contributed by atoms with Crippen LogP contribution in [0.15, 0.2) is 42.7 Å². The zero-order chi connectivity index (χ0) is 20.5. The Bertz CT molecular complexity index is 956. The van der Waals surface area contributed by atoms with Gasteiger partial charge >= 0.3 is 6.18 Å². The summed E-state index contributed by atoms with van der Waals surface area (Å²) >= 11 is 0. The molecule has 1 aromatic heterocycles. The number of benzene rings is 1. The van der Waals surface area contributed by atoms with Crippen LogP contribution in [0.25, 0.3) is 5.69 Å². The van der Waals surface area contributed by atoms with Gasteiger partial charge in [-0.1, -0.05) is 0 Å². The Labute approximate surface area is 161 Å². The van der Waals surface area contributed by atoms with Gasteiger partial charge in [0.1, 0.15) is 0 Å². The standard InChI is InChI=1S/C18H20F3N3O3S/c1-28(26,27)24-8-4-5-15(24)12-22-17(25)13-9-14(18(19,20)21)11-16(10-13)23-6-2-3-7-23/h2-3,6-7,9-11,15H,4-5,8,12H2,1H3,(H,22,25)/t15-/m1/s1. The van der Waals surface area contributed by atoms with Gasteiger partial charge in [-0.3, -0.25) is 4.79 Å². The van der Waals surface area contributed by atoms with Crippen LogP contribution in [0.3, 0.4) is 0 Å². The van der Waals surface area contributed by atoms with E-state index in [2.05, 4.69) is 5.32 Å². The summed E-state index contributed by atoms with van der Waals surface area (Å²) in [6.07, 6.45) is 0.929. The van der Waals surface area contributed by atoms with E-state index in [1.165, 1.54) is 14.9 Å². The number of amides is 1. The molecule has 1 atom stereocenters. The van der Waals surface area contributed by atoms with Crippen molar-refractivity contribution in [2.45, 2.75) is 25.1 Å². The van der Waals surface area contributed by atoms with E-state index >= 15 is 0 Å². The molecule has 1 fully saturated rings. The second kappa shape index (κ2) is 7.59. The first-order valence-corrected chi connectivity index (χ1v) is 10.5. The minimum atomic E-state index is -4.60. The van der Waals surface area contributed by atoms with Gasteiger partial charge in [-0.15, -0.1) is 0 Å². The quantitative estimate of drug-likeness (QED) is 0.816. The number of halogens is 3. The van der Waals surface area contributed by atoms with E-state index in [1.54, 1.807) is 24.5 Å². The van der Waals surface area contributed by atoms with Gasteiger partial charge in [-0.25, -0.2) is 8.42 Å². The van der Waals surface area contributed by atoms with Gasteiger partial charge in [0.05, 0.1) is 11.8 Å². The van der Waals surface area contributed by atoms with Crippen LogP contribution in [0.2, 0.25) is 0 Å². The molecular formula is C18H20F3N3O3S. The van der Waals surface area contributed by atoms with Crippen molar-refractivity contribution in [2.24, 2.45) is 0 Å². The molecule has 0 saturated carbocycles. The van der Waals surface area contributed by atoms with Crippen molar-refractivity contribution < 1.29 is 26.4 Å². The fraction of sp³-hybridized carbons (Fsp3) is 0.389. The van der Waals surface area contributed by atoms with Gasteiger partial charge in [-0.05, 0) is 43.2 Å². The summed E-state index contributed by atoms with van der Waals surface area (Å²) in [6.45, 7) is 0.418. The van der Waals surface area contributed by atoms with Crippen molar-refractivity contribution in [1.82, 2.24) is 14.2 Å². The molecule has 1 N–H and O–H groups in total. The second-order valence-electron chi connectivity index (χ2n) is 6.74. The highest BCUT2D eigenvalue weighted by Gasteiger charge is 2.33. The van der Waals surface area contributed by atoms with Crippen molar-refractivity contribution in [1.29, 1.82) is 0 Å². The van der Waals surface area contributed by atoms with Crippen molar-refractivity contribution >= 4 is 15.9 Å². The summed E-state index contributed by atoms with van der Waals surface area (Å²) in [5.41, 5.74) is -0.853. The summed E-state index contributed by atoms with van der Waals surface area (Å²) in [4.78, 5) is 12.5. The van der Waals surface area contributed by atoms with Crippen molar-refractivity contribution in [3.8, 4) is 5.69 Å². The molecule has 1 amide bonds. The molecule has 6 nitrogen and oxygen atoms in total. The highest BCUT2D eigenvalue weighted by atomic mass is 32.2. The normalized spacial score (nSPS) is 18.4. The van der Waals surface area contributed by atoms with E-state index in [-0.39, 0.29) is 17.8 Å². The van der Waals surface area contributed by atoms with E-state index in [0.29, 0.717) is 19.4 Å². The van der Waals surface area contributed by atoms with Crippen LogP contribution in [-0.2, 0) is 16.2 Å². The summed E-state index contributed by atoms with van der Waals surface area (Å²) in [6, 6.07) is 6.08. The molecule has 1 aromatic carbocycles. The first kappa shape index (κ1) is 20.4. The molecule has 152 valence electrons. The predicted molar refractivity (Wildman–Crippen MR) is 97.7 cm³/mol. The number of alkyl halides is 3. The lowest BCUT2D eigenvalue weighted by molar-refractivity contribution is -0.137.